The summed E-state index contributed by atoms with van der Waals surface area (Å²) in [6, 6.07) is 5.83. The van der Waals surface area contributed by atoms with Gasteiger partial charge in [-0.25, -0.2) is 22.2 Å². The second-order valence-corrected chi connectivity index (χ2v) is 6.48. The molecule has 0 unspecified atom stereocenters. The van der Waals surface area contributed by atoms with Crippen LogP contribution in [0.25, 0.3) is 5.69 Å². The van der Waals surface area contributed by atoms with Crippen LogP contribution >= 0.6 is 0 Å². The lowest BCUT2D eigenvalue weighted by molar-refractivity contribution is -0.115. The molecule has 8 heteroatoms. The van der Waals surface area contributed by atoms with E-state index in [1.807, 2.05) is 11.6 Å². The highest BCUT2D eigenvalue weighted by atomic mass is 32.2. The summed E-state index contributed by atoms with van der Waals surface area (Å²) in [4.78, 5) is 11.6. The van der Waals surface area contributed by atoms with Crippen molar-refractivity contribution >= 4 is 15.9 Å². The van der Waals surface area contributed by atoms with E-state index in [2.05, 4.69) is 5.10 Å². The fourth-order valence-corrected chi connectivity index (χ4v) is 2.82. The number of carbonyl (C=O) groups excluding carboxylic acids is 1. The number of rotatable bonds is 5. The van der Waals surface area contributed by atoms with Gasteiger partial charge in [0.25, 0.3) is 15.9 Å². The Balaban J connectivity index is 2.28. The van der Waals surface area contributed by atoms with Gasteiger partial charge in [0.2, 0.25) is 0 Å². The number of carbonyl (C=O) groups is 1. The van der Waals surface area contributed by atoms with Crippen molar-refractivity contribution in [3.8, 4) is 5.69 Å². The minimum atomic E-state index is -4.07. The molecule has 1 amide bonds. The Morgan fingerprint density at radius 3 is 2.74 bits per heavy atom. The molecular formula is C15H16FN3O3S. The van der Waals surface area contributed by atoms with Gasteiger partial charge in [-0.15, -0.1) is 0 Å². The van der Waals surface area contributed by atoms with Crippen molar-refractivity contribution < 1.29 is 17.6 Å². The number of aromatic nitrogens is 2. The zero-order valence-electron chi connectivity index (χ0n) is 12.7. The molecule has 0 saturated carbocycles. The van der Waals surface area contributed by atoms with Crippen LogP contribution in [-0.4, -0.2) is 24.1 Å². The molecule has 1 aromatic carbocycles. The van der Waals surface area contributed by atoms with Crippen molar-refractivity contribution in [3.05, 3.63) is 54.1 Å². The third-order valence-corrected chi connectivity index (χ3v) is 4.35. The number of halogens is 1. The number of para-hydroxylation sites is 1. The quantitative estimate of drug-likeness (QED) is 0.848. The van der Waals surface area contributed by atoms with Gasteiger partial charge in [-0.1, -0.05) is 25.1 Å². The summed E-state index contributed by atoms with van der Waals surface area (Å²) in [5.41, 5.74) is 0.417. The number of benzene rings is 1. The lowest BCUT2D eigenvalue weighted by Crippen LogP contribution is -2.30. The standard InChI is InChI=1S/C15H16FN3O3S/c1-3-6-11(2)15(20)18-23(21,22)12-9-17-19(10-12)14-8-5-4-7-13(14)16/h4-10H,3H2,1-2H3,(H,18,20)/b11-6+. The molecule has 1 aromatic heterocycles. The molecule has 0 bridgehead atoms. The maximum Gasteiger partial charge on any atom is 0.267 e. The maximum absolute atomic E-state index is 13.7. The summed E-state index contributed by atoms with van der Waals surface area (Å²) >= 11 is 0. The Morgan fingerprint density at radius 1 is 1.39 bits per heavy atom. The molecule has 1 heterocycles. The topological polar surface area (TPSA) is 81.1 Å². The fourth-order valence-electron chi connectivity index (χ4n) is 1.87. The molecule has 1 N–H and O–H groups in total. The zero-order chi connectivity index (χ0) is 17.0. The first-order valence-corrected chi connectivity index (χ1v) is 8.37. The number of hydrogen-bond acceptors (Lipinski definition) is 4. The second-order valence-electron chi connectivity index (χ2n) is 4.80. The van der Waals surface area contributed by atoms with E-state index in [0.717, 1.165) is 17.1 Å². The number of hydrogen-bond donors (Lipinski definition) is 1. The van der Waals surface area contributed by atoms with Gasteiger partial charge in [0.1, 0.15) is 16.4 Å². The van der Waals surface area contributed by atoms with Crippen molar-refractivity contribution in [3.63, 3.8) is 0 Å². The summed E-state index contributed by atoms with van der Waals surface area (Å²) < 4.78 is 41.1. The molecular weight excluding hydrogens is 321 g/mol. The molecule has 2 rings (SSSR count). The van der Waals surface area contributed by atoms with Gasteiger partial charge in [-0.05, 0) is 25.5 Å². The lowest BCUT2D eigenvalue weighted by Gasteiger charge is -2.05. The van der Waals surface area contributed by atoms with E-state index in [-0.39, 0.29) is 10.6 Å². The van der Waals surface area contributed by atoms with Gasteiger partial charge in [-0.3, -0.25) is 4.79 Å². The largest absolute Gasteiger partial charge is 0.269 e. The fraction of sp³-hybridized carbons (Fsp3) is 0.200. The minimum absolute atomic E-state index is 0.113. The molecule has 6 nitrogen and oxygen atoms in total. The highest BCUT2D eigenvalue weighted by molar-refractivity contribution is 7.90. The van der Waals surface area contributed by atoms with Crippen molar-refractivity contribution in [2.75, 3.05) is 0 Å². The van der Waals surface area contributed by atoms with Crippen LogP contribution in [0.15, 0.2) is 53.2 Å². The third kappa shape index (κ3) is 3.84. The molecule has 23 heavy (non-hydrogen) atoms. The van der Waals surface area contributed by atoms with Crippen molar-refractivity contribution in [2.24, 2.45) is 0 Å². The molecule has 0 fully saturated rings. The van der Waals surface area contributed by atoms with E-state index in [0.29, 0.717) is 12.0 Å². The summed E-state index contributed by atoms with van der Waals surface area (Å²) in [5.74, 6) is -1.24. The Bertz CT molecular complexity index is 856. The van der Waals surface area contributed by atoms with Crippen molar-refractivity contribution in [2.45, 2.75) is 25.2 Å². The molecule has 0 spiro atoms. The lowest BCUT2D eigenvalue weighted by atomic mass is 10.2. The van der Waals surface area contributed by atoms with Gasteiger partial charge in [-0.2, -0.15) is 5.10 Å². The first-order chi connectivity index (χ1) is 10.8. The van der Waals surface area contributed by atoms with Crippen LogP contribution in [0.1, 0.15) is 20.3 Å². The Hall–Kier alpha value is -2.48. The Kier molecular flexibility index (Phi) is 4.95. The monoisotopic (exact) mass is 337 g/mol. The van der Waals surface area contributed by atoms with E-state index in [4.69, 9.17) is 0 Å². The molecule has 0 aliphatic carbocycles. The minimum Gasteiger partial charge on any atom is -0.269 e. The number of amides is 1. The molecule has 122 valence electrons. The maximum atomic E-state index is 13.7. The van der Waals surface area contributed by atoms with Gasteiger partial charge in [0.15, 0.2) is 0 Å². The number of nitrogens with one attached hydrogen (secondary N) is 1. The summed E-state index contributed by atoms with van der Waals surface area (Å²) in [5, 5.41) is 3.83. The predicted molar refractivity (Wildman–Crippen MR) is 82.9 cm³/mol. The van der Waals surface area contributed by atoms with Crippen LogP contribution in [0, 0.1) is 5.82 Å². The van der Waals surface area contributed by atoms with E-state index < -0.39 is 21.7 Å². The Morgan fingerprint density at radius 2 is 2.09 bits per heavy atom. The molecule has 0 atom stereocenters. The van der Waals surface area contributed by atoms with Gasteiger partial charge in [0, 0.05) is 5.57 Å². The highest BCUT2D eigenvalue weighted by Crippen LogP contribution is 2.15. The van der Waals surface area contributed by atoms with Gasteiger partial charge >= 0.3 is 0 Å². The predicted octanol–water partition coefficient (Wildman–Crippen LogP) is 2.17. The second kappa shape index (κ2) is 6.74. The van der Waals surface area contributed by atoms with E-state index in [9.17, 15) is 17.6 Å². The van der Waals surface area contributed by atoms with Crippen LogP contribution < -0.4 is 4.72 Å². The van der Waals surface area contributed by atoms with E-state index in [1.54, 1.807) is 12.1 Å². The van der Waals surface area contributed by atoms with Crippen LogP contribution in [0.3, 0.4) is 0 Å². The van der Waals surface area contributed by atoms with Crippen molar-refractivity contribution in [1.82, 2.24) is 14.5 Å². The smallest absolute Gasteiger partial charge is 0.267 e. The van der Waals surface area contributed by atoms with Crippen molar-refractivity contribution in [1.29, 1.82) is 0 Å². The SMILES string of the molecule is CC/C=C(\C)C(=O)NS(=O)(=O)c1cnn(-c2ccccc2F)c1. The van der Waals surface area contributed by atoms with E-state index >= 15 is 0 Å². The van der Waals surface area contributed by atoms with Gasteiger partial charge < -0.3 is 0 Å². The number of nitrogens with zero attached hydrogens (tertiary/aromatic N) is 2. The van der Waals surface area contributed by atoms with Gasteiger partial charge in [0.05, 0.1) is 12.4 Å². The average molecular weight is 337 g/mol. The number of allylic oxidation sites excluding steroid dienone is 1. The van der Waals surface area contributed by atoms with Crippen LogP contribution in [0.4, 0.5) is 4.39 Å². The summed E-state index contributed by atoms with van der Waals surface area (Å²) in [7, 11) is -4.07. The molecule has 0 aliphatic heterocycles. The van der Waals surface area contributed by atoms with Crippen LogP contribution in [0.2, 0.25) is 0 Å². The Labute approximate surface area is 133 Å². The average Bonchev–Trinajstić information content (AvgIpc) is 2.98. The molecule has 0 aliphatic rings. The summed E-state index contributed by atoms with van der Waals surface area (Å²) in [6.45, 7) is 3.36. The third-order valence-electron chi connectivity index (χ3n) is 3.06. The molecule has 0 saturated heterocycles. The zero-order valence-corrected chi connectivity index (χ0v) is 13.5. The van der Waals surface area contributed by atoms with Crippen LogP contribution in [-0.2, 0) is 14.8 Å². The number of sulfonamides is 1. The first-order valence-electron chi connectivity index (χ1n) is 6.88. The van der Waals surface area contributed by atoms with E-state index in [1.165, 1.54) is 25.1 Å². The highest BCUT2D eigenvalue weighted by Gasteiger charge is 2.21. The first kappa shape index (κ1) is 16.9. The molecule has 0 radical (unpaired) electrons. The normalized spacial score (nSPS) is 12.2. The summed E-state index contributed by atoms with van der Waals surface area (Å²) in [6.07, 6.45) is 4.44. The molecule has 2 aromatic rings. The van der Waals surface area contributed by atoms with Crippen LogP contribution in [0.5, 0.6) is 0 Å².